The highest BCUT2D eigenvalue weighted by Crippen LogP contribution is 2.48. The lowest BCUT2D eigenvalue weighted by Gasteiger charge is -2.45. The molecule has 15 nitrogen and oxygen atoms in total. The number of benzene rings is 8. The number of allylic oxidation sites excluding steroid dienone is 2. The maximum absolute atomic E-state index is 14.1. The molecule has 0 radical (unpaired) electrons. The average Bonchev–Trinajstić information content (AvgIpc) is 0.724. The van der Waals surface area contributed by atoms with Gasteiger partial charge >= 0.3 is 11.9 Å². The van der Waals surface area contributed by atoms with Crippen LogP contribution in [0.2, 0.25) is 0 Å². The molecule has 0 spiro atoms. The lowest BCUT2D eigenvalue weighted by atomic mass is 9.71. The van der Waals surface area contributed by atoms with Crippen LogP contribution in [-0.4, -0.2) is 92.2 Å². The maximum Gasteiger partial charge on any atom is 0.306 e. The molecule has 0 aromatic heterocycles. The summed E-state index contributed by atoms with van der Waals surface area (Å²) in [6.07, 6.45) is 6.45. The van der Waals surface area contributed by atoms with Crippen molar-refractivity contribution in [2.75, 3.05) is 17.2 Å². The molecule has 7 N–H and O–H groups in total. The van der Waals surface area contributed by atoms with Crippen LogP contribution < -0.4 is 10.6 Å². The summed E-state index contributed by atoms with van der Waals surface area (Å²) in [5.74, 6) is -3.72. The van der Waals surface area contributed by atoms with E-state index >= 15 is 0 Å². The largest absolute Gasteiger partial charge is 0.507 e. The van der Waals surface area contributed by atoms with E-state index in [0.717, 1.165) is 123 Å². The molecular formula is C87H96N2O13. The van der Waals surface area contributed by atoms with Crippen molar-refractivity contribution in [1.29, 1.82) is 0 Å². The van der Waals surface area contributed by atoms with Crippen LogP contribution in [0.4, 0.5) is 11.4 Å². The van der Waals surface area contributed by atoms with E-state index in [2.05, 4.69) is 134 Å². The number of amides is 2. The summed E-state index contributed by atoms with van der Waals surface area (Å²) in [6, 6.07) is 65.0. The molecular weight excluding hydrogens is 1280 g/mol. The minimum absolute atomic E-state index is 0.0107. The van der Waals surface area contributed by atoms with E-state index in [-0.39, 0.29) is 59.3 Å². The molecule has 2 amide bonds. The molecule has 102 heavy (non-hydrogen) atoms. The second kappa shape index (κ2) is 37.8. The fourth-order valence-electron chi connectivity index (χ4n) is 14.2. The van der Waals surface area contributed by atoms with Gasteiger partial charge in [0.2, 0.25) is 17.6 Å². The van der Waals surface area contributed by atoms with Gasteiger partial charge in [-0.3, -0.25) is 24.0 Å². The quantitative estimate of drug-likeness (QED) is 0.0111. The van der Waals surface area contributed by atoms with E-state index < -0.39 is 66.5 Å². The molecule has 1 aliphatic carbocycles. The Morgan fingerprint density at radius 1 is 0.412 bits per heavy atom. The average molecular weight is 1380 g/mol. The maximum atomic E-state index is 14.1. The third-order valence-corrected chi connectivity index (χ3v) is 19.5. The molecule has 0 saturated carbocycles. The van der Waals surface area contributed by atoms with E-state index in [0.29, 0.717) is 37.7 Å². The number of nitrogens with one attached hydrogen (secondary N) is 2. The molecule has 10 rings (SSSR count). The number of carbonyl (C=O) groups is 5. The van der Waals surface area contributed by atoms with Crippen molar-refractivity contribution in [2.24, 2.45) is 0 Å². The van der Waals surface area contributed by atoms with Gasteiger partial charge in [0.05, 0.1) is 17.2 Å². The standard InChI is InChI=1S/C87H96N2O13/c1-3-67(59-32-19-15-20-33-59)78(61-36-23-17-24-37-61)63-46-50-65(51-47-63)88-74(92)42-27-11-7-5-6-8-13-29-44-76(94)100-56-58-54-70-80(69-40-31-41-71(90)81(69)84(97)82(70)72(91)55-58)87-86(99)85(98)83(96)73(102-87)57-101-77(95)45-30-14-10-9-12-28-43-75(93)89-66-52-48-64(49-53-66)79(62-38-25-18-26-39-62)68(4-2)60-34-21-16-22-35-60/h15-26,31-41,46-55,73,80,83,85-87,90-91,96,98-99H,3-14,27-30,42-45,56-57H2,1-2H3,(H,88,92)(H,89,93)/b78-67-,79-68-/t73-,80?,83-,85+,86-,87+/m0/s1. The Kier molecular flexibility index (Phi) is 27.7. The smallest absolute Gasteiger partial charge is 0.306 e. The second-order valence-corrected chi connectivity index (χ2v) is 26.7. The number of carbonyl (C=O) groups excluding carboxylic acids is 5. The van der Waals surface area contributed by atoms with Gasteiger partial charge in [0.25, 0.3) is 0 Å². The number of hydrogen-bond donors (Lipinski definition) is 7. The zero-order valence-electron chi connectivity index (χ0n) is 58.6. The molecule has 8 aromatic carbocycles. The summed E-state index contributed by atoms with van der Waals surface area (Å²) in [5, 5.41) is 62.8. The number of phenols is 2. The van der Waals surface area contributed by atoms with Gasteiger partial charge in [-0.2, -0.15) is 0 Å². The third-order valence-electron chi connectivity index (χ3n) is 19.5. The van der Waals surface area contributed by atoms with Crippen molar-refractivity contribution in [2.45, 2.75) is 185 Å². The molecule has 1 fully saturated rings. The Morgan fingerprint density at radius 2 is 0.814 bits per heavy atom. The minimum Gasteiger partial charge on any atom is -0.507 e. The molecule has 6 atom stereocenters. The first-order valence-corrected chi connectivity index (χ1v) is 36.4. The number of hydrogen-bond acceptors (Lipinski definition) is 13. The van der Waals surface area contributed by atoms with Gasteiger partial charge in [-0.15, -0.1) is 0 Å². The number of aliphatic hydroxyl groups is 3. The normalized spacial score (nSPS) is 17.5. The fourth-order valence-corrected chi connectivity index (χ4v) is 14.2. The zero-order chi connectivity index (χ0) is 71.7. The number of rotatable bonds is 35. The third kappa shape index (κ3) is 19.9. The number of ketones is 1. The number of ether oxygens (including phenoxy) is 3. The Balaban J connectivity index is 0.625. The summed E-state index contributed by atoms with van der Waals surface area (Å²) in [6.45, 7) is 3.62. The van der Waals surface area contributed by atoms with Gasteiger partial charge in [-0.25, -0.2) is 0 Å². The Hall–Kier alpha value is -9.77. The number of phenolic OH excluding ortho intramolecular Hbond substituents is 2. The van der Waals surface area contributed by atoms with Crippen molar-refractivity contribution >= 4 is 63.2 Å². The number of fused-ring (bicyclic) bond motifs is 2. The highest BCUT2D eigenvalue weighted by Gasteiger charge is 2.51. The first kappa shape index (κ1) is 74.9. The molecule has 1 aliphatic heterocycles. The topological polar surface area (TPSA) is 238 Å². The fraction of sp³-hybridized carbons (Fsp3) is 0.345. The van der Waals surface area contributed by atoms with Gasteiger partial charge in [-0.05, 0) is 147 Å². The molecule has 15 heteroatoms. The summed E-state index contributed by atoms with van der Waals surface area (Å²) in [4.78, 5) is 66.2. The molecule has 0 bridgehead atoms. The van der Waals surface area contributed by atoms with Crippen molar-refractivity contribution in [3.63, 3.8) is 0 Å². The Bertz CT molecular complexity index is 4140. The predicted octanol–water partition coefficient (Wildman–Crippen LogP) is 17.2. The molecule has 532 valence electrons. The van der Waals surface area contributed by atoms with E-state index in [4.69, 9.17) is 14.2 Å². The van der Waals surface area contributed by atoms with Crippen molar-refractivity contribution < 1.29 is 63.7 Å². The Labute approximate surface area is 599 Å². The van der Waals surface area contributed by atoms with E-state index in [1.54, 1.807) is 12.1 Å². The molecule has 8 aromatic rings. The van der Waals surface area contributed by atoms with Gasteiger partial charge in [-0.1, -0.05) is 242 Å². The van der Waals surface area contributed by atoms with E-state index in [9.17, 15) is 49.5 Å². The summed E-state index contributed by atoms with van der Waals surface area (Å²) in [5.41, 5.74) is 13.5. The molecule has 2 aliphatic rings. The number of anilines is 2. The molecule has 1 saturated heterocycles. The first-order chi connectivity index (χ1) is 49.7. The lowest BCUT2D eigenvalue weighted by molar-refractivity contribution is -0.234. The molecule has 1 unspecified atom stereocenters. The van der Waals surface area contributed by atoms with Gasteiger partial charge in [0.1, 0.15) is 49.1 Å². The zero-order valence-corrected chi connectivity index (χ0v) is 58.6. The van der Waals surface area contributed by atoms with Crippen LogP contribution in [0.3, 0.4) is 0 Å². The minimum atomic E-state index is -1.79. The van der Waals surface area contributed by atoms with Crippen LogP contribution >= 0.6 is 0 Å². The van der Waals surface area contributed by atoms with Crippen LogP contribution in [0.15, 0.2) is 200 Å². The first-order valence-electron chi connectivity index (χ1n) is 36.4. The second-order valence-electron chi connectivity index (χ2n) is 26.7. The lowest BCUT2D eigenvalue weighted by Crippen LogP contribution is -2.60. The van der Waals surface area contributed by atoms with Crippen LogP contribution in [0.5, 0.6) is 11.5 Å². The van der Waals surface area contributed by atoms with Gasteiger partial charge < -0.3 is 50.4 Å². The van der Waals surface area contributed by atoms with Crippen molar-refractivity contribution in [3.05, 3.63) is 261 Å². The highest BCUT2D eigenvalue weighted by atomic mass is 16.6. The van der Waals surface area contributed by atoms with Crippen LogP contribution in [0.1, 0.15) is 214 Å². The summed E-state index contributed by atoms with van der Waals surface area (Å²) in [7, 11) is 0. The number of unbranched alkanes of at least 4 members (excludes halogenated alkanes) is 12. The SMILES string of the molecule is CC/C(=C(\c1ccccc1)c1ccc(NC(=O)CCCCCCCCCCC(=O)OCc2cc(O)c3c(c2)C([C@H]2O[C@@H](COC(=O)CCCCCCCCC(=O)Nc4ccc(/C(=C(/CC)c5ccccc5)c5ccccc5)cc4)[C@H](O)[C@@H](O)[C@@H]2O)c2cccc(O)c2C3=O)cc1)c1ccccc1. The van der Waals surface area contributed by atoms with E-state index in [1.807, 2.05) is 60.7 Å². The monoisotopic (exact) mass is 1380 g/mol. The van der Waals surface area contributed by atoms with Gasteiger partial charge in [0.15, 0.2) is 0 Å². The van der Waals surface area contributed by atoms with Crippen LogP contribution in [-0.2, 0) is 40.0 Å². The van der Waals surface area contributed by atoms with E-state index in [1.165, 1.54) is 46.0 Å². The number of esters is 2. The van der Waals surface area contributed by atoms with Crippen LogP contribution in [0.25, 0.3) is 22.3 Å². The van der Waals surface area contributed by atoms with Crippen molar-refractivity contribution in [3.8, 4) is 11.5 Å². The predicted molar refractivity (Wildman–Crippen MR) is 400 cm³/mol. The van der Waals surface area contributed by atoms with Crippen LogP contribution in [0, 0.1) is 0 Å². The van der Waals surface area contributed by atoms with Gasteiger partial charge in [0, 0.05) is 43.0 Å². The summed E-state index contributed by atoms with van der Waals surface area (Å²) < 4.78 is 17.6. The molecule has 1 heterocycles. The summed E-state index contributed by atoms with van der Waals surface area (Å²) >= 11 is 0. The van der Waals surface area contributed by atoms with Crippen molar-refractivity contribution in [1.82, 2.24) is 0 Å². The highest BCUT2D eigenvalue weighted by molar-refractivity contribution is 6.16. The Morgan fingerprint density at radius 3 is 1.26 bits per heavy atom. The number of aliphatic hydroxyl groups excluding tert-OH is 3. The number of aromatic hydroxyl groups is 2.